The Balaban J connectivity index is 1.56. The van der Waals surface area contributed by atoms with Gasteiger partial charge in [0.05, 0.1) is 17.1 Å². The van der Waals surface area contributed by atoms with E-state index in [1.807, 2.05) is 37.3 Å². The second-order valence-electron chi connectivity index (χ2n) is 7.92. The molecule has 0 saturated heterocycles. The third-order valence-electron chi connectivity index (χ3n) is 5.54. The fraction of sp³-hybridized carbons (Fsp3) is 0.250. The lowest BCUT2D eigenvalue weighted by molar-refractivity contribution is -0.114. The van der Waals surface area contributed by atoms with E-state index in [9.17, 15) is 13.2 Å². The maximum Gasteiger partial charge on any atom is 0.251 e. The fourth-order valence-corrected chi connectivity index (χ4v) is 4.86. The average molecular weight is 470 g/mol. The van der Waals surface area contributed by atoms with Crippen LogP contribution in [0.3, 0.4) is 0 Å². The highest BCUT2D eigenvalue weighted by Crippen LogP contribution is 2.30. The highest BCUT2D eigenvalue weighted by atomic mass is 35.5. The topological polar surface area (TPSA) is 72.3 Å². The van der Waals surface area contributed by atoms with E-state index < -0.39 is 9.84 Å². The molecule has 8 heteroatoms. The first-order valence-corrected chi connectivity index (χ1v) is 12.6. The van der Waals surface area contributed by atoms with Crippen molar-refractivity contribution in [3.63, 3.8) is 0 Å². The first kappa shape index (κ1) is 22.3. The minimum Gasteiger partial charge on any atom is -0.309 e. The average Bonchev–Trinajstić information content (AvgIpc) is 3.03. The number of halogens is 1. The lowest BCUT2D eigenvalue weighted by Crippen LogP contribution is -2.34. The highest BCUT2D eigenvalue weighted by Gasteiger charge is 2.23. The summed E-state index contributed by atoms with van der Waals surface area (Å²) in [6, 6.07) is 14.8. The van der Waals surface area contributed by atoms with Gasteiger partial charge in [0.25, 0.3) is 5.91 Å². The third kappa shape index (κ3) is 4.64. The van der Waals surface area contributed by atoms with Crippen LogP contribution in [0.4, 0.5) is 5.69 Å². The number of benzene rings is 2. The number of aromatic nitrogens is 2. The molecule has 0 aliphatic carbocycles. The first-order valence-electron chi connectivity index (χ1n) is 10.3. The van der Waals surface area contributed by atoms with Gasteiger partial charge in [-0.25, -0.2) is 13.1 Å². The van der Waals surface area contributed by atoms with Gasteiger partial charge in [0.1, 0.15) is 5.15 Å². The molecule has 0 saturated carbocycles. The Bertz CT molecular complexity index is 1300. The number of aryl methyl sites for hydroxylation is 2. The molecule has 0 atom stereocenters. The minimum absolute atomic E-state index is 0.177. The Morgan fingerprint density at radius 2 is 1.94 bits per heavy atom. The van der Waals surface area contributed by atoms with Crippen LogP contribution in [-0.4, -0.2) is 36.9 Å². The Morgan fingerprint density at radius 1 is 1.19 bits per heavy atom. The van der Waals surface area contributed by atoms with Gasteiger partial charge in [0.2, 0.25) is 0 Å². The molecule has 2 heterocycles. The van der Waals surface area contributed by atoms with E-state index in [2.05, 4.69) is 5.10 Å². The molecule has 0 bridgehead atoms. The number of nitrogens with zero attached hydrogens (tertiary/aromatic N) is 3. The summed E-state index contributed by atoms with van der Waals surface area (Å²) in [4.78, 5) is 14.9. The normalized spacial score (nSPS) is 14.0. The molecular formula is C24H24ClN3O3S. The number of carbonyl (C=O) groups is 1. The number of rotatable bonds is 5. The van der Waals surface area contributed by atoms with Crippen LogP contribution in [0, 0.1) is 6.92 Å². The van der Waals surface area contributed by atoms with Crippen LogP contribution in [0.15, 0.2) is 59.5 Å². The predicted octanol–water partition coefficient (Wildman–Crippen LogP) is 4.29. The van der Waals surface area contributed by atoms with Crippen molar-refractivity contribution >= 4 is 39.1 Å². The molecule has 0 spiro atoms. The number of hydrogen-bond donors (Lipinski definition) is 0. The van der Waals surface area contributed by atoms with Crippen molar-refractivity contribution in [2.45, 2.75) is 31.2 Å². The molecule has 1 aliphatic rings. The molecule has 0 N–H and O–H groups in total. The predicted molar refractivity (Wildman–Crippen MR) is 127 cm³/mol. The maximum atomic E-state index is 13.0. The molecule has 1 aromatic heterocycles. The molecule has 2 aromatic carbocycles. The van der Waals surface area contributed by atoms with Crippen molar-refractivity contribution in [2.75, 3.05) is 17.7 Å². The molecule has 1 amide bonds. The van der Waals surface area contributed by atoms with Gasteiger partial charge in [-0.15, -0.1) is 0 Å². The number of carbonyl (C=O) groups excluding carboxylic acids is 1. The van der Waals surface area contributed by atoms with E-state index in [0.717, 1.165) is 35.3 Å². The molecule has 32 heavy (non-hydrogen) atoms. The fourth-order valence-electron chi connectivity index (χ4n) is 3.90. The highest BCUT2D eigenvalue weighted by molar-refractivity contribution is 7.90. The van der Waals surface area contributed by atoms with Gasteiger partial charge in [-0.3, -0.25) is 4.79 Å². The molecule has 4 rings (SSSR count). The van der Waals surface area contributed by atoms with E-state index in [4.69, 9.17) is 11.6 Å². The van der Waals surface area contributed by atoms with Crippen LogP contribution in [0.1, 0.15) is 28.8 Å². The van der Waals surface area contributed by atoms with E-state index in [1.54, 1.807) is 33.9 Å². The summed E-state index contributed by atoms with van der Waals surface area (Å²) in [7, 11) is -3.29. The molecule has 0 unspecified atom stereocenters. The van der Waals surface area contributed by atoms with Crippen LogP contribution in [0.25, 0.3) is 6.08 Å². The van der Waals surface area contributed by atoms with Crippen LogP contribution >= 0.6 is 11.6 Å². The summed E-state index contributed by atoms with van der Waals surface area (Å²) >= 11 is 6.56. The summed E-state index contributed by atoms with van der Waals surface area (Å²) in [5, 5.41) is 5.00. The van der Waals surface area contributed by atoms with Crippen molar-refractivity contribution < 1.29 is 13.2 Å². The Morgan fingerprint density at radius 3 is 2.66 bits per heavy atom. The molecule has 1 aliphatic heterocycles. The molecule has 6 nitrogen and oxygen atoms in total. The Hall–Kier alpha value is -2.90. The minimum atomic E-state index is -3.29. The van der Waals surface area contributed by atoms with Gasteiger partial charge in [-0.1, -0.05) is 41.9 Å². The summed E-state index contributed by atoms with van der Waals surface area (Å²) in [5.74, 6) is -0.177. The van der Waals surface area contributed by atoms with E-state index in [-0.39, 0.29) is 10.8 Å². The molecular weight excluding hydrogens is 446 g/mol. The van der Waals surface area contributed by atoms with Gasteiger partial charge in [0, 0.05) is 30.1 Å². The number of sulfone groups is 1. The van der Waals surface area contributed by atoms with E-state index >= 15 is 0 Å². The van der Waals surface area contributed by atoms with Crippen molar-refractivity contribution in [3.05, 3.63) is 82.1 Å². The molecule has 3 aromatic rings. The quantitative estimate of drug-likeness (QED) is 0.522. The Kier molecular flexibility index (Phi) is 6.22. The number of amides is 1. The zero-order valence-electron chi connectivity index (χ0n) is 18.0. The van der Waals surface area contributed by atoms with Gasteiger partial charge in [-0.2, -0.15) is 5.10 Å². The van der Waals surface area contributed by atoms with Crippen molar-refractivity contribution in [3.8, 4) is 0 Å². The lowest BCUT2D eigenvalue weighted by Gasteiger charge is -2.29. The third-order valence-corrected chi connectivity index (χ3v) is 7.05. The van der Waals surface area contributed by atoms with Crippen molar-refractivity contribution in [2.24, 2.45) is 0 Å². The van der Waals surface area contributed by atoms with Crippen LogP contribution in [-0.2, 0) is 27.6 Å². The van der Waals surface area contributed by atoms with Crippen molar-refractivity contribution in [1.29, 1.82) is 0 Å². The largest absolute Gasteiger partial charge is 0.309 e. The molecule has 0 fully saturated rings. The first-order chi connectivity index (χ1) is 15.2. The summed E-state index contributed by atoms with van der Waals surface area (Å²) in [6.07, 6.45) is 5.90. The standard InChI is InChI=1S/C24H24ClN3O3S/c1-17-21(24(25)28(26-17)16-18-7-4-3-5-8-18)11-13-23(29)27-14-6-9-19-15-20(32(2,30)31)10-12-22(19)27/h3-5,7-8,10-13,15H,6,9,14,16H2,1-2H3. The summed E-state index contributed by atoms with van der Waals surface area (Å²) < 4.78 is 25.4. The summed E-state index contributed by atoms with van der Waals surface area (Å²) in [5.41, 5.74) is 4.15. The van der Waals surface area contributed by atoms with Gasteiger partial charge >= 0.3 is 0 Å². The zero-order chi connectivity index (χ0) is 22.9. The SMILES string of the molecule is Cc1nn(Cc2ccccc2)c(Cl)c1C=CC(=O)N1CCCc2cc(S(C)(=O)=O)ccc21. The second-order valence-corrected chi connectivity index (χ2v) is 10.3. The number of fused-ring (bicyclic) bond motifs is 1. The molecule has 166 valence electrons. The lowest BCUT2D eigenvalue weighted by atomic mass is 10.0. The van der Waals surface area contributed by atoms with Crippen molar-refractivity contribution in [1.82, 2.24) is 9.78 Å². The zero-order valence-corrected chi connectivity index (χ0v) is 19.5. The van der Waals surface area contributed by atoms with Gasteiger partial charge in [-0.05, 0) is 55.2 Å². The van der Waals surface area contributed by atoms with Crippen LogP contribution in [0.2, 0.25) is 5.15 Å². The van der Waals surface area contributed by atoms with Gasteiger partial charge < -0.3 is 4.90 Å². The number of hydrogen-bond acceptors (Lipinski definition) is 4. The Labute approximate surface area is 193 Å². The van der Waals surface area contributed by atoms with Crippen LogP contribution in [0.5, 0.6) is 0 Å². The number of anilines is 1. The smallest absolute Gasteiger partial charge is 0.251 e. The van der Waals surface area contributed by atoms with E-state index in [0.29, 0.717) is 23.8 Å². The monoisotopic (exact) mass is 469 g/mol. The second kappa shape index (κ2) is 8.92. The summed E-state index contributed by atoms with van der Waals surface area (Å²) in [6.45, 7) is 2.99. The van der Waals surface area contributed by atoms with E-state index in [1.165, 1.54) is 12.3 Å². The van der Waals surface area contributed by atoms with Crippen LogP contribution < -0.4 is 4.90 Å². The van der Waals surface area contributed by atoms with Gasteiger partial charge in [0.15, 0.2) is 9.84 Å². The molecule has 0 radical (unpaired) electrons. The maximum absolute atomic E-state index is 13.0.